The molecule has 0 aromatic heterocycles. The molecule has 5 aliphatic rings. The van der Waals surface area contributed by atoms with Gasteiger partial charge in [0.05, 0.1) is 11.3 Å². The smallest absolute Gasteiger partial charge is 0.320 e. The molecule has 3 saturated carbocycles. The molecule has 0 radical (unpaired) electrons. The van der Waals surface area contributed by atoms with Crippen LogP contribution in [0.25, 0.3) is 0 Å². The molecule has 1 spiro atoms. The lowest BCUT2D eigenvalue weighted by molar-refractivity contribution is -0.156. The summed E-state index contributed by atoms with van der Waals surface area (Å²) in [5.41, 5.74) is 1.19. The summed E-state index contributed by atoms with van der Waals surface area (Å²) >= 11 is 0. The number of hydrogen-bond donors (Lipinski definition) is 0. The molecule has 1 heterocycles. The van der Waals surface area contributed by atoms with Crippen molar-refractivity contribution in [1.29, 1.82) is 0 Å². The topological polar surface area (TPSA) is 43.4 Å². The Labute approximate surface area is 99.2 Å². The van der Waals surface area contributed by atoms with Crippen LogP contribution in [0.5, 0.6) is 0 Å². The van der Waals surface area contributed by atoms with E-state index >= 15 is 0 Å². The number of ether oxygens (including phenoxy) is 1. The first-order chi connectivity index (χ1) is 8.22. The molecule has 0 aromatic rings. The molecule has 3 nitrogen and oxygen atoms in total. The summed E-state index contributed by atoms with van der Waals surface area (Å²) in [6, 6.07) is 0. The summed E-state index contributed by atoms with van der Waals surface area (Å²) in [7, 11) is 0. The van der Waals surface area contributed by atoms with Gasteiger partial charge in [-0.05, 0) is 49.4 Å². The van der Waals surface area contributed by atoms with Crippen molar-refractivity contribution in [2.45, 2.75) is 25.7 Å². The first kappa shape index (κ1) is 8.90. The van der Waals surface area contributed by atoms with Crippen molar-refractivity contribution in [2.75, 3.05) is 0 Å². The highest BCUT2D eigenvalue weighted by atomic mass is 16.6. The van der Waals surface area contributed by atoms with E-state index in [0.717, 1.165) is 19.3 Å². The van der Waals surface area contributed by atoms with Crippen LogP contribution in [0.4, 0.5) is 0 Å². The second-order valence-corrected chi connectivity index (χ2v) is 6.53. The van der Waals surface area contributed by atoms with Gasteiger partial charge in [-0.3, -0.25) is 9.59 Å². The Morgan fingerprint density at radius 3 is 3.06 bits per heavy atom. The molecular formula is C14H14O3. The minimum Gasteiger partial charge on any atom is -0.392 e. The molecule has 1 saturated heterocycles. The third-order valence-electron chi connectivity index (χ3n) is 6.22. The van der Waals surface area contributed by atoms with Gasteiger partial charge in [-0.2, -0.15) is 0 Å². The number of rotatable bonds is 0. The average molecular weight is 230 g/mol. The summed E-state index contributed by atoms with van der Waals surface area (Å²) in [5.74, 6) is 1.75. The Hall–Kier alpha value is -1.12. The normalized spacial score (nSPS) is 57.2. The first-order valence-electron chi connectivity index (χ1n) is 6.67. The molecule has 0 aromatic carbocycles. The highest BCUT2D eigenvalue weighted by Crippen LogP contribution is 2.74. The van der Waals surface area contributed by atoms with Crippen LogP contribution in [0, 0.1) is 35.0 Å². The molecule has 88 valence electrons. The Morgan fingerprint density at radius 2 is 2.18 bits per heavy atom. The van der Waals surface area contributed by atoms with E-state index < -0.39 is 5.41 Å². The number of carbonyl (C=O) groups is 2. The van der Waals surface area contributed by atoms with E-state index in [9.17, 15) is 9.59 Å². The van der Waals surface area contributed by atoms with Gasteiger partial charge in [0.1, 0.15) is 0 Å². The summed E-state index contributed by atoms with van der Waals surface area (Å²) < 4.78 is 4.97. The molecule has 5 rings (SSSR count). The zero-order chi connectivity index (χ0) is 11.4. The standard InChI is InChI=1S/C14H14O3/c15-12-9-4-8-5-14(9,13(16)17-12)11-7-2-1-6(3-7)10(8)11/h1,7-11H,2-5H2. The Balaban J connectivity index is 1.73. The van der Waals surface area contributed by atoms with Crippen LogP contribution < -0.4 is 0 Å². The lowest BCUT2D eigenvalue weighted by Gasteiger charge is -2.37. The van der Waals surface area contributed by atoms with E-state index in [0.29, 0.717) is 23.7 Å². The first-order valence-corrected chi connectivity index (χ1v) is 6.67. The molecule has 4 aliphatic carbocycles. The van der Waals surface area contributed by atoms with Gasteiger partial charge in [-0.1, -0.05) is 11.6 Å². The molecule has 6 unspecified atom stereocenters. The van der Waals surface area contributed by atoms with Crippen molar-refractivity contribution in [1.82, 2.24) is 0 Å². The fourth-order valence-corrected chi connectivity index (χ4v) is 5.92. The van der Waals surface area contributed by atoms with Gasteiger partial charge >= 0.3 is 11.9 Å². The number of allylic oxidation sites excluding steroid dienone is 2. The molecule has 4 fully saturated rings. The maximum Gasteiger partial charge on any atom is 0.320 e. The minimum atomic E-state index is -0.396. The SMILES string of the molecule is O=C1OC(=O)C23CC(CC12)C1C2=CCC(C2)C13. The van der Waals surface area contributed by atoms with Gasteiger partial charge in [0, 0.05) is 0 Å². The average Bonchev–Trinajstić information content (AvgIpc) is 3.05. The van der Waals surface area contributed by atoms with E-state index in [2.05, 4.69) is 6.08 Å². The third-order valence-corrected chi connectivity index (χ3v) is 6.22. The maximum atomic E-state index is 12.2. The van der Waals surface area contributed by atoms with Crippen LogP contribution in [-0.4, -0.2) is 11.9 Å². The predicted molar refractivity (Wildman–Crippen MR) is 57.5 cm³/mol. The second-order valence-electron chi connectivity index (χ2n) is 6.53. The van der Waals surface area contributed by atoms with Crippen molar-refractivity contribution in [2.24, 2.45) is 35.0 Å². The fourth-order valence-electron chi connectivity index (χ4n) is 5.92. The summed E-state index contributed by atoms with van der Waals surface area (Å²) in [4.78, 5) is 24.0. The van der Waals surface area contributed by atoms with Gasteiger partial charge in [-0.15, -0.1) is 0 Å². The van der Waals surface area contributed by atoms with Crippen LogP contribution in [0.3, 0.4) is 0 Å². The van der Waals surface area contributed by atoms with Crippen LogP contribution in [0.2, 0.25) is 0 Å². The summed E-state index contributed by atoms with van der Waals surface area (Å²) in [6.45, 7) is 0. The monoisotopic (exact) mass is 230 g/mol. The summed E-state index contributed by atoms with van der Waals surface area (Å²) in [5, 5.41) is 0. The number of carbonyl (C=O) groups excluding carboxylic acids is 2. The third kappa shape index (κ3) is 0.712. The lowest BCUT2D eigenvalue weighted by Crippen LogP contribution is -2.41. The lowest BCUT2D eigenvalue weighted by atomic mass is 9.62. The van der Waals surface area contributed by atoms with Gasteiger partial charge in [-0.25, -0.2) is 0 Å². The van der Waals surface area contributed by atoms with Crippen molar-refractivity contribution in [3.63, 3.8) is 0 Å². The molecule has 17 heavy (non-hydrogen) atoms. The quantitative estimate of drug-likeness (QED) is 0.361. The van der Waals surface area contributed by atoms with E-state index in [1.165, 1.54) is 6.42 Å². The number of esters is 2. The molecule has 4 bridgehead atoms. The molecule has 1 aliphatic heterocycles. The number of fused-ring (bicyclic) bond motifs is 7. The highest BCUT2D eigenvalue weighted by molar-refractivity contribution is 6.00. The van der Waals surface area contributed by atoms with Crippen LogP contribution in [0.1, 0.15) is 25.7 Å². The zero-order valence-electron chi connectivity index (χ0n) is 9.52. The van der Waals surface area contributed by atoms with Gasteiger partial charge in [0.15, 0.2) is 0 Å². The van der Waals surface area contributed by atoms with Crippen LogP contribution >= 0.6 is 0 Å². The second kappa shape index (κ2) is 2.36. The van der Waals surface area contributed by atoms with Crippen LogP contribution in [-0.2, 0) is 14.3 Å². The van der Waals surface area contributed by atoms with E-state index in [4.69, 9.17) is 4.74 Å². The van der Waals surface area contributed by atoms with Gasteiger partial charge in [0.25, 0.3) is 0 Å². The molecule has 6 atom stereocenters. The predicted octanol–water partition coefficient (Wildman–Crippen LogP) is 1.68. The number of hydrogen-bond acceptors (Lipinski definition) is 3. The van der Waals surface area contributed by atoms with E-state index in [1.807, 2.05) is 0 Å². The Morgan fingerprint density at radius 1 is 1.29 bits per heavy atom. The molecule has 0 N–H and O–H groups in total. The Bertz CT molecular complexity index is 506. The van der Waals surface area contributed by atoms with Crippen molar-refractivity contribution in [3.05, 3.63) is 11.6 Å². The highest BCUT2D eigenvalue weighted by Gasteiger charge is 2.76. The van der Waals surface area contributed by atoms with Gasteiger partial charge < -0.3 is 4.74 Å². The largest absolute Gasteiger partial charge is 0.392 e. The Kier molecular flexibility index (Phi) is 1.23. The van der Waals surface area contributed by atoms with E-state index in [-0.39, 0.29) is 17.9 Å². The van der Waals surface area contributed by atoms with Crippen LogP contribution in [0.15, 0.2) is 11.6 Å². The minimum absolute atomic E-state index is 0.0961. The van der Waals surface area contributed by atoms with E-state index in [1.54, 1.807) is 5.57 Å². The fraction of sp³-hybridized carbons (Fsp3) is 0.714. The zero-order valence-corrected chi connectivity index (χ0v) is 9.52. The molecule has 3 heteroatoms. The molecule has 0 amide bonds. The van der Waals surface area contributed by atoms with Gasteiger partial charge in [0.2, 0.25) is 0 Å². The number of cyclic esters (lactones) is 2. The van der Waals surface area contributed by atoms with Crippen molar-refractivity contribution in [3.8, 4) is 0 Å². The van der Waals surface area contributed by atoms with Crippen molar-refractivity contribution < 1.29 is 14.3 Å². The maximum absolute atomic E-state index is 12.2. The molecular weight excluding hydrogens is 216 g/mol. The van der Waals surface area contributed by atoms with Crippen molar-refractivity contribution >= 4 is 11.9 Å². The summed E-state index contributed by atoms with van der Waals surface area (Å²) in [6.07, 6.45) is 6.52.